The minimum absolute atomic E-state index is 0.195. The minimum atomic E-state index is -0.195. The summed E-state index contributed by atoms with van der Waals surface area (Å²) in [6.45, 7) is 5.13. The van der Waals surface area contributed by atoms with Gasteiger partial charge in [-0.15, -0.1) is 0 Å². The van der Waals surface area contributed by atoms with Crippen molar-refractivity contribution >= 4 is 5.84 Å². The fraction of sp³-hybridized carbons (Fsp3) is 0.909. The summed E-state index contributed by atoms with van der Waals surface area (Å²) in [6.07, 6.45) is 4.75. The Kier molecular flexibility index (Phi) is 3.97. The van der Waals surface area contributed by atoms with Gasteiger partial charge in [0.15, 0.2) is 0 Å². The van der Waals surface area contributed by atoms with Crippen LogP contribution in [0.2, 0.25) is 0 Å². The van der Waals surface area contributed by atoms with E-state index in [2.05, 4.69) is 17.1 Å². The topological polar surface area (TPSA) is 61.8 Å². The van der Waals surface area contributed by atoms with Crippen molar-refractivity contribution in [2.24, 2.45) is 16.3 Å². The molecule has 0 spiro atoms. The minimum Gasteiger partial charge on any atom is -0.409 e. The Morgan fingerprint density at radius 1 is 1.53 bits per heavy atom. The molecule has 15 heavy (non-hydrogen) atoms. The van der Waals surface area contributed by atoms with Crippen LogP contribution >= 0.6 is 0 Å². The standard InChI is InChI=1S/C11H23N3O/c1-11(2,10(12)13-15)7-4-8-14(3)9-5-6-9/h9,15H,4-8H2,1-3H3,(H2,12,13). The van der Waals surface area contributed by atoms with E-state index in [9.17, 15) is 0 Å². The van der Waals surface area contributed by atoms with E-state index in [0.717, 1.165) is 25.4 Å². The van der Waals surface area contributed by atoms with Crippen LogP contribution in [0.1, 0.15) is 39.5 Å². The van der Waals surface area contributed by atoms with Crippen LogP contribution in [-0.2, 0) is 0 Å². The van der Waals surface area contributed by atoms with Crippen molar-refractivity contribution in [1.29, 1.82) is 0 Å². The Labute approximate surface area is 92.1 Å². The highest BCUT2D eigenvalue weighted by atomic mass is 16.4. The number of amidine groups is 1. The molecule has 0 bridgehead atoms. The van der Waals surface area contributed by atoms with Crippen LogP contribution in [0.5, 0.6) is 0 Å². The van der Waals surface area contributed by atoms with E-state index >= 15 is 0 Å². The Morgan fingerprint density at radius 2 is 2.13 bits per heavy atom. The molecule has 0 radical (unpaired) electrons. The van der Waals surface area contributed by atoms with Gasteiger partial charge in [0.2, 0.25) is 0 Å². The lowest BCUT2D eigenvalue weighted by Gasteiger charge is -2.24. The lowest BCUT2D eigenvalue weighted by Crippen LogP contribution is -2.33. The number of oxime groups is 1. The lowest BCUT2D eigenvalue weighted by atomic mass is 9.86. The first kappa shape index (κ1) is 12.3. The van der Waals surface area contributed by atoms with Crippen molar-refractivity contribution in [2.75, 3.05) is 13.6 Å². The van der Waals surface area contributed by atoms with Crippen molar-refractivity contribution < 1.29 is 5.21 Å². The van der Waals surface area contributed by atoms with Gasteiger partial charge in [0.1, 0.15) is 5.84 Å². The average molecular weight is 213 g/mol. The molecular formula is C11H23N3O. The van der Waals surface area contributed by atoms with Crippen LogP contribution in [0.3, 0.4) is 0 Å². The summed E-state index contributed by atoms with van der Waals surface area (Å²) in [5.41, 5.74) is 5.43. The molecular weight excluding hydrogens is 190 g/mol. The van der Waals surface area contributed by atoms with E-state index in [-0.39, 0.29) is 5.41 Å². The molecule has 1 fully saturated rings. The van der Waals surface area contributed by atoms with E-state index in [1.165, 1.54) is 12.8 Å². The van der Waals surface area contributed by atoms with Gasteiger partial charge < -0.3 is 15.8 Å². The van der Waals surface area contributed by atoms with Crippen molar-refractivity contribution in [3.05, 3.63) is 0 Å². The maximum absolute atomic E-state index is 8.63. The molecule has 0 amide bonds. The molecule has 0 aromatic heterocycles. The van der Waals surface area contributed by atoms with Crippen LogP contribution < -0.4 is 5.73 Å². The maximum atomic E-state index is 8.63. The molecule has 0 aromatic carbocycles. The van der Waals surface area contributed by atoms with Gasteiger partial charge in [-0.1, -0.05) is 19.0 Å². The van der Waals surface area contributed by atoms with Gasteiger partial charge >= 0.3 is 0 Å². The third kappa shape index (κ3) is 3.70. The van der Waals surface area contributed by atoms with Gasteiger partial charge in [0, 0.05) is 11.5 Å². The number of hydrogen-bond donors (Lipinski definition) is 2. The Hall–Kier alpha value is -0.770. The largest absolute Gasteiger partial charge is 0.409 e. The molecule has 1 rings (SSSR count). The molecule has 4 nitrogen and oxygen atoms in total. The highest BCUT2D eigenvalue weighted by Crippen LogP contribution is 2.27. The first-order valence-corrected chi connectivity index (χ1v) is 5.65. The zero-order valence-corrected chi connectivity index (χ0v) is 10.0. The van der Waals surface area contributed by atoms with Crippen molar-refractivity contribution in [3.63, 3.8) is 0 Å². The summed E-state index contributed by atoms with van der Waals surface area (Å²) in [6, 6.07) is 0.817. The van der Waals surface area contributed by atoms with Gasteiger partial charge in [-0.3, -0.25) is 0 Å². The number of nitrogens with two attached hydrogens (primary N) is 1. The molecule has 88 valence electrons. The van der Waals surface area contributed by atoms with Gasteiger partial charge in [0.25, 0.3) is 0 Å². The average Bonchev–Trinajstić information content (AvgIpc) is 2.99. The second-order valence-corrected chi connectivity index (χ2v) is 5.18. The predicted molar refractivity (Wildman–Crippen MR) is 62.1 cm³/mol. The van der Waals surface area contributed by atoms with Crippen LogP contribution in [0.15, 0.2) is 5.16 Å². The normalized spacial score (nSPS) is 18.5. The second kappa shape index (κ2) is 4.84. The molecule has 0 aromatic rings. The third-order valence-corrected chi connectivity index (χ3v) is 3.28. The van der Waals surface area contributed by atoms with E-state index < -0.39 is 0 Å². The zero-order chi connectivity index (χ0) is 11.5. The fourth-order valence-corrected chi connectivity index (χ4v) is 1.73. The quantitative estimate of drug-likeness (QED) is 0.305. The molecule has 0 aliphatic heterocycles. The highest BCUT2D eigenvalue weighted by Gasteiger charge is 2.27. The summed E-state index contributed by atoms with van der Waals surface area (Å²) in [4.78, 5) is 2.41. The van der Waals surface area contributed by atoms with Gasteiger partial charge in [0.05, 0.1) is 0 Å². The zero-order valence-electron chi connectivity index (χ0n) is 10.0. The molecule has 1 aliphatic carbocycles. The van der Waals surface area contributed by atoms with E-state index in [4.69, 9.17) is 10.9 Å². The molecule has 0 unspecified atom stereocenters. The first-order valence-electron chi connectivity index (χ1n) is 5.65. The molecule has 0 atom stereocenters. The SMILES string of the molecule is CN(CCCC(C)(C)C(N)=NO)C1CC1. The number of rotatable bonds is 6. The van der Waals surface area contributed by atoms with E-state index in [1.807, 2.05) is 13.8 Å². The third-order valence-electron chi connectivity index (χ3n) is 3.28. The lowest BCUT2D eigenvalue weighted by molar-refractivity contribution is 0.286. The predicted octanol–water partition coefficient (Wildman–Crippen LogP) is 1.63. The summed E-state index contributed by atoms with van der Waals surface area (Å²) in [5.74, 6) is 0.330. The molecule has 0 saturated heterocycles. The molecule has 0 heterocycles. The van der Waals surface area contributed by atoms with Gasteiger partial charge in [-0.05, 0) is 39.3 Å². The summed E-state index contributed by atoms with van der Waals surface area (Å²) in [7, 11) is 2.17. The summed E-state index contributed by atoms with van der Waals surface area (Å²) >= 11 is 0. The van der Waals surface area contributed by atoms with Crippen LogP contribution in [0.25, 0.3) is 0 Å². The van der Waals surface area contributed by atoms with Crippen LogP contribution in [0, 0.1) is 5.41 Å². The fourth-order valence-electron chi connectivity index (χ4n) is 1.73. The van der Waals surface area contributed by atoms with Crippen LogP contribution in [0.4, 0.5) is 0 Å². The molecule has 1 aliphatic rings. The van der Waals surface area contributed by atoms with Crippen LogP contribution in [-0.4, -0.2) is 35.6 Å². The number of nitrogens with zero attached hydrogens (tertiary/aromatic N) is 2. The monoisotopic (exact) mass is 213 g/mol. The summed E-state index contributed by atoms with van der Waals surface area (Å²) < 4.78 is 0. The Bertz CT molecular complexity index is 234. The summed E-state index contributed by atoms with van der Waals surface area (Å²) in [5, 5.41) is 11.7. The maximum Gasteiger partial charge on any atom is 0.144 e. The first-order chi connectivity index (χ1) is 6.97. The van der Waals surface area contributed by atoms with Crippen molar-refractivity contribution in [2.45, 2.75) is 45.6 Å². The Balaban J connectivity index is 2.23. The van der Waals surface area contributed by atoms with Crippen molar-refractivity contribution in [1.82, 2.24) is 4.90 Å². The molecule has 3 N–H and O–H groups in total. The van der Waals surface area contributed by atoms with Crippen molar-refractivity contribution in [3.8, 4) is 0 Å². The Morgan fingerprint density at radius 3 is 2.60 bits per heavy atom. The van der Waals surface area contributed by atoms with Gasteiger partial charge in [-0.2, -0.15) is 0 Å². The smallest absolute Gasteiger partial charge is 0.144 e. The molecule has 1 saturated carbocycles. The molecule has 4 heteroatoms. The van der Waals surface area contributed by atoms with E-state index in [0.29, 0.717) is 5.84 Å². The van der Waals surface area contributed by atoms with E-state index in [1.54, 1.807) is 0 Å². The highest BCUT2D eigenvalue weighted by molar-refractivity contribution is 5.85. The van der Waals surface area contributed by atoms with Gasteiger partial charge in [-0.25, -0.2) is 0 Å². The second-order valence-electron chi connectivity index (χ2n) is 5.18. The number of hydrogen-bond acceptors (Lipinski definition) is 3.